The Morgan fingerprint density at radius 1 is 1.41 bits per heavy atom. The van der Waals surface area contributed by atoms with Gasteiger partial charge in [0.25, 0.3) is 0 Å². The van der Waals surface area contributed by atoms with Crippen LogP contribution in [-0.4, -0.2) is 31.7 Å². The highest BCUT2D eigenvalue weighted by atomic mass is 19.2. The molecule has 2 atom stereocenters. The first-order chi connectivity index (χ1) is 10.5. The van der Waals surface area contributed by atoms with E-state index in [9.17, 15) is 13.6 Å². The van der Waals surface area contributed by atoms with Crippen molar-refractivity contribution in [2.24, 2.45) is 5.92 Å². The second kappa shape index (κ2) is 7.42. The molecule has 22 heavy (non-hydrogen) atoms. The van der Waals surface area contributed by atoms with Crippen molar-refractivity contribution in [3.8, 4) is 0 Å². The zero-order valence-electron chi connectivity index (χ0n) is 13.0. The maximum atomic E-state index is 13.3. The van der Waals surface area contributed by atoms with Gasteiger partial charge in [-0.05, 0) is 37.8 Å². The Bertz CT molecular complexity index is 524. The van der Waals surface area contributed by atoms with Gasteiger partial charge in [0.05, 0.1) is 0 Å². The van der Waals surface area contributed by atoms with Crippen molar-refractivity contribution in [1.82, 2.24) is 10.6 Å². The van der Waals surface area contributed by atoms with Crippen LogP contribution in [-0.2, 0) is 0 Å². The molecule has 1 heterocycles. The number of carbonyl (C=O) groups excluding carboxylic acids is 1. The highest BCUT2D eigenvalue weighted by Crippen LogP contribution is 2.24. The van der Waals surface area contributed by atoms with Gasteiger partial charge in [-0.1, -0.05) is 6.92 Å². The number of nitrogens with one attached hydrogen (secondary N) is 2. The molecular weight excluding hydrogens is 288 g/mol. The Balaban J connectivity index is 1.80. The minimum absolute atomic E-state index is 0.152. The summed E-state index contributed by atoms with van der Waals surface area (Å²) in [6.07, 6.45) is 1.81. The summed E-state index contributed by atoms with van der Waals surface area (Å²) in [5, 5.41) is 5.73. The number of amides is 2. The van der Waals surface area contributed by atoms with Crippen LogP contribution in [0.1, 0.15) is 26.7 Å². The quantitative estimate of drug-likeness (QED) is 0.878. The van der Waals surface area contributed by atoms with Gasteiger partial charge >= 0.3 is 6.03 Å². The van der Waals surface area contributed by atoms with Crippen molar-refractivity contribution < 1.29 is 13.6 Å². The Morgan fingerprint density at radius 3 is 2.86 bits per heavy atom. The Hall–Kier alpha value is -1.85. The third-order valence-electron chi connectivity index (χ3n) is 4.10. The van der Waals surface area contributed by atoms with Crippen molar-refractivity contribution in [1.29, 1.82) is 0 Å². The van der Waals surface area contributed by atoms with Crippen molar-refractivity contribution in [3.05, 3.63) is 29.8 Å². The second-order valence-electron chi connectivity index (χ2n) is 5.86. The first-order valence-corrected chi connectivity index (χ1v) is 7.74. The molecule has 4 nitrogen and oxygen atoms in total. The number of nitrogens with zero attached hydrogens (tertiary/aromatic N) is 1. The summed E-state index contributed by atoms with van der Waals surface area (Å²) < 4.78 is 26.2. The average Bonchev–Trinajstić information content (AvgIpc) is 2.96. The molecule has 6 heteroatoms. The summed E-state index contributed by atoms with van der Waals surface area (Å²) >= 11 is 0. The van der Waals surface area contributed by atoms with Crippen molar-refractivity contribution in [3.63, 3.8) is 0 Å². The van der Waals surface area contributed by atoms with Gasteiger partial charge in [0.2, 0.25) is 0 Å². The molecule has 1 saturated heterocycles. The largest absolute Gasteiger partial charge is 0.371 e. The van der Waals surface area contributed by atoms with Crippen LogP contribution in [0.25, 0.3) is 0 Å². The number of rotatable bonds is 5. The predicted octanol–water partition coefficient (Wildman–Crippen LogP) is 2.89. The van der Waals surface area contributed by atoms with Crippen LogP contribution in [0.4, 0.5) is 19.3 Å². The molecule has 1 aliphatic heterocycles. The number of anilines is 1. The molecule has 0 aromatic heterocycles. The zero-order chi connectivity index (χ0) is 16.1. The fraction of sp³-hybridized carbons (Fsp3) is 0.562. The van der Waals surface area contributed by atoms with Gasteiger partial charge in [0, 0.05) is 37.4 Å². The standard InChI is InChI=1S/C16H23F2N3O/c1-3-11(2)20-16(22)19-9-12-6-7-21(10-12)13-4-5-14(17)15(18)8-13/h4-5,8,11-12H,3,6-7,9-10H2,1-2H3,(H2,19,20,22). The van der Waals surface area contributed by atoms with E-state index in [1.807, 2.05) is 18.7 Å². The van der Waals surface area contributed by atoms with E-state index < -0.39 is 11.6 Å². The first kappa shape index (κ1) is 16.5. The molecule has 122 valence electrons. The predicted molar refractivity (Wildman–Crippen MR) is 83.0 cm³/mol. The van der Waals surface area contributed by atoms with Crippen LogP contribution in [0.5, 0.6) is 0 Å². The van der Waals surface area contributed by atoms with Crippen LogP contribution < -0.4 is 15.5 Å². The van der Waals surface area contributed by atoms with Gasteiger partial charge in [-0.2, -0.15) is 0 Å². The molecule has 0 radical (unpaired) electrons. The maximum absolute atomic E-state index is 13.3. The molecule has 1 aromatic rings. The van der Waals surface area contributed by atoms with Crippen LogP contribution in [0.15, 0.2) is 18.2 Å². The number of hydrogen-bond donors (Lipinski definition) is 2. The third kappa shape index (κ3) is 4.32. The summed E-state index contributed by atoms with van der Waals surface area (Å²) in [6, 6.07) is 3.96. The number of urea groups is 1. The molecule has 1 fully saturated rings. The summed E-state index contributed by atoms with van der Waals surface area (Å²) in [4.78, 5) is 13.7. The Morgan fingerprint density at radius 2 is 2.18 bits per heavy atom. The molecule has 2 amide bonds. The zero-order valence-corrected chi connectivity index (χ0v) is 13.0. The number of benzene rings is 1. The summed E-state index contributed by atoms with van der Waals surface area (Å²) in [5.74, 6) is -1.34. The minimum atomic E-state index is -0.831. The normalized spacial score (nSPS) is 19.1. The second-order valence-corrected chi connectivity index (χ2v) is 5.86. The van der Waals surface area contributed by atoms with Crippen LogP contribution in [0.3, 0.4) is 0 Å². The fourth-order valence-corrected chi connectivity index (χ4v) is 2.53. The third-order valence-corrected chi connectivity index (χ3v) is 4.10. The van der Waals surface area contributed by atoms with Gasteiger partial charge in [-0.15, -0.1) is 0 Å². The van der Waals surface area contributed by atoms with E-state index in [-0.39, 0.29) is 12.1 Å². The number of carbonyl (C=O) groups is 1. The lowest BCUT2D eigenvalue weighted by molar-refractivity contribution is 0.236. The lowest BCUT2D eigenvalue weighted by Crippen LogP contribution is -2.42. The van der Waals surface area contributed by atoms with Crippen LogP contribution in [0.2, 0.25) is 0 Å². The van der Waals surface area contributed by atoms with E-state index >= 15 is 0 Å². The molecule has 0 spiro atoms. The number of halogens is 2. The molecule has 1 aliphatic rings. The molecule has 0 saturated carbocycles. The van der Waals surface area contributed by atoms with E-state index in [4.69, 9.17) is 0 Å². The van der Waals surface area contributed by atoms with Gasteiger partial charge < -0.3 is 15.5 Å². The smallest absolute Gasteiger partial charge is 0.315 e. The van der Waals surface area contributed by atoms with Gasteiger partial charge in [-0.3, -0.25) is 0 Å². The first-order valence-electron chi connectivity index (χ1n) is 7.74. The van der Waals surface area contributed by atoms with Gasteiger partial charge in [0.1, 0.15) is 0 Å². The molecule has 2 rings (SSSR count). The molecule has 2 unspecified atom stereocenters. The average molecular weight is 311 g/mol. The molecule has 1 aromatic carbocycles. The summed E-state index contributed by atoms with van der Waals surface area (Å²) in [5.41, 5.74) is 0.686. The van der Waals surface area contributed by atoms with Gasteiger partial charge in [0.15, 0.2) is 11.6 Å². The van der Waals surface area contributed by atoms with Crippen LogP contribution >= 0.6 is 0 Å². The summed E-state index contributed by atoms with van der Waals surface area (Å²) in [6.45, 7) is 6.07. The van der Waals surface area contributed by atoms with E-state index in [1.165, 1.54) is 6.07 Å². The van der Waals surface area contributed by atoms with Crippen molar-refractivity contribution in [2.75, 3.05) is 24.5 Å². The van der Waals surface area contributed by atoms with Gasteiger partial charge in [-0.25, -0.2) is 13.6 Å². The molecule has 2 N–H and O–H groups in total. The lowest BCUT2D eigenvalue weighted by atomic mass is 10.1. The highest BCUT2D eigenvalue weighted by Gasteiger charge is 2.23. The SMILES string of the molecule is CCC(C)NC(=O)NCC1CCN(c2ccc(F)c(F)c2)C1. The number of hydrogen-bond acceptors (Lipinski definition) is 2. The summed E-state index contributed by atoms with van der Waals surface area (Å²) in [7, 11) is 0. The highest BCUT2D eigenvalue weighted by molar-refractivity contribution is 5.74. The minimum Gasteiger partial charge on any atom is -0.371 e. The van der Waals surface area contributed by atoms with E-state index in [2.05, 4.69) is 10.6 Å². The Labute approximate surface area is 129 Å². The van der Waals surface area contributed by atoms with Crippen molar-refractivity contribution in [2.45, 2.75) is 32.7 Å². The van der Waals surface area contributed by atoms with Crippen molar-refractivity contribution >= 4 is 11.7 Å². The lowest BCUT2D eigenvalue weighted by Gasteiger charge is -2.19. The van der Waals surface area contributed by atoms with E-state index in [0.717, 1.165) is 32.0 Å². The maximum Gasteiger partial charge on any atom is 0.315 e. The van der Waals surface area contributed by atoms with E-state index in [1.54, 1.807) is 6.07 Å². The topological polar surface area (TPSA) is 44.4 Å². The fourth-order valence-electron chi connectivity index (χ4n) is 2.53. The molecule has 0 bridgehead atoms. The molecule has 0 aliphatic carbocycles. The Kier molecular flexibility index (Phi) is 5.57. The van der Waals surface area contributed by atoms with E-state index in [0.29, 0.717) is 18.2 Å². The van der Waals surface area contributed by atoms with Crippen LogP contribution in [0, 0.1) is 17.6 Å². The monoisotopic (exact) mass is 311 g/mol. The molecular formula is C16H23F2N3O.